The Morgan fingerprint density at radius 2 is 2.09 bits per heavy atom. The Morgan fingerprint density at radius 1 is 1.23 bits per heavy atom. The molecule has 2 atom stereocenters. The van der Waals surface area contributed by atoms with E-state index >= 15 is 0 Å². The second-order valence-electron chi connectivity index (χ2n) is 7.20. The standard InChI is InChI=1S/C17H26N4O/c1-3-15(11-20-16-18-8-2-9-19-16)22-17(6-1)7-10-21(13-17)12-14-4-5-14/h2,8-9,14-15H,1,3-7,10-13H2,(H,18,19,20)/t15-,17-/m1/s1. The number of hydrogen-bond donors (Lipinski definition) is 1. The van der Waals surface area contributed by atoms with Crippen molar-refractivity contribution in [2.75, 3.05) is 31.5 Å². The lowest BCUT2D eigenvalue weighted by molar-refractivity contribution is -0.115. The molecule has 3 heterocycles. The molecule has 3 fully saturated rings. The molecule has 4 rings (SSSR count). The molecule has 1 N–H and O–H groups in total. The summed E-state index contributed by atoms with van der Waals surface area (Å²) in [7, 11) is 0. The van der Waals surface area contributed by atoms with Gasteiger partial charge in [-0.2, -0.15) is 0 Å². The van der Waals surface area contributed by atoms with E-state index in [4.69, 9.17) is 4.74 Å². The first-order valence-corrected chi connectivity index (χ1v) is 8.72. The SMILES string of the molecule is c1cnc(NC[C@H]2CCC[C@]3(CCN(CC4CC4)C3)O2)nc1. The third-order valence-electron chi connectivity index (χ3n) is 5.24. The maximum absolute atomic E-state index is 6.53. The zero-order chi connectivity index (χ0) is 14.8. The van der Waals surface area contributed by atoms with E-state index in [1.807, 2.05) is 6.07 Å². The van der Waals surface area contributed by atoms with Crippen LogP contribution in [-0.4, -0.2) is 52.8 Å². The van der Waals surface area contributed by atoms with Crippen molar-refractivity contribution in [2.24, 2.45) is 5.92 Å². The Morgan fingerprint density at radius 3 is 2.91 bits per heavy atom. The number of anilines is 1. The number of nitrogens with zero attached hydrogens (tertiary/aromatic N) is 3. The van der Waals surface area contributed by atoms with Gasteiger partial charge in [0.2, 0.25) is 5.95 Å². The van der Waals surface area contributed by atoms with Crippen LogP contribution in [0, 0.1) is 5.92 Å². The van der Waals surface area contributed by atoms with Crippen molar-refractivity contribution >= 4 is 5.95 Å². The highest BCUT2D eigenvalue weighted by atomic mass is 16.5. The van der Waals surface area contributed by atoms with Crippen molar-refractivity contribution in [1.82, 2.24) is 14.9 Å². The van der Waals surface area contributed by atoms with Crippen LogP contribution in [0.5, 0.6) is 0 Å². The minimum absolute atomic E-state index is 0.122. The molecular weight excluding hydrogens is 276 g/mol. The Kier molecular flexibility index (Phi) is 4.01. The minimum atomic E-state index is 0.122. The van der Waals surface area contributed by atoms with E-state index in [0.29, 0.717) is 12.1 Å². The van der Waals surface area contributed by atoms with Crippen LogP contribution >= 0.6 is 0 Å². The summed E-state index contributed by atoms with van der Waals surface area (Å²) in [6.45, 7) is 4.47. The molecule has 0 amide bonds. The fraction of sp³-hybridized carbons (Fsp3) is 0.765. The van der Waals surface area contributed by atoms with Gasteiger partial charge in [0.15, 0.2) is 0 Å². The number of ether oxygens (including phenoxy) is 1. The Hall–Kier alpha value is -1.20. The number of nitrogens with one attached hydrogen (secondary N) is 1. The summed E-state index contributed by atoms with van der Waals surface area (Å²) < 4.78 is 6.53. The van der Waals surface area contributed by atoms with Crippen LogP contribution in [0.4, 0.5) is 5.95 Å². The highest BCUT2D eigenvalue weighted by molar-refractivity contribution is 5.22. The second kappa shape index (κ2) is 6.13. The zero-order valence-corrected chi connectivity index (χ0v) is 13.2. The normalized spacial score (nSPS) is 32.5. The van der Waals surface area contributed by atoms with Gasteiger partial charge < -0.3 is 15.0 Å². The molecule has 1 aliphatic carbocycles. The monoisotopic (exact) mass is 302 g/mol. The number of rotatable bonds is 5. The van der Waals surface area contributed by atoms with Gasteiger partial charge in [-0.3, -0.25) is 0 Å². The van der Waals surface area contributed by atoms with E-state index < -0.39 is 0 Å². The van der Waals surface area contributed by atoms with Gasteiger partial charge in [-0.05, 0) is 50.5 Å². The average molecular weight is 302 g/mol. The van der Waals surface area contributed by atoms with Gasteiger partial charge in [-0.15, -0.1) is 0 Å². The van der Waals surface area contributed by atoms with Crippen LogP contribution in [0.25, 0.3) is 0 Å². The number of likely N-dealkylation sites (tertiary alicyclic amines) is 1. The predicted octanol–water partition coefficient (Wildman–Crippen LogP) is 2.31. The van der Waals surface area contributed by atoms with Crippen molar-refractivity contribution in [3.8, 4) is 0 Å². The first-order chi connectivity index (χ1) is 10.8. The number of hydrogen-bond acceptors (Lipinski definition) is 5. The third-order valence-corrected chi connectivity index (χ3v) is 5.24. The topological polar surface area (TPSA) is 50.3 Å². The summed E-state index contributed by atoms with van der Waals surface area (Å²) in [6.07, 6.45) is 11.6. The van der Waals surface area contributed by atoms with Crippen molar-refractivity contribution in [1.29, 1.82) is 0 Å². The van der Waals surface area contributed by atoms with Gasteiger partial charge in [-0.25, -0.2) is 9.97 Å². The van der Waals surface area contributed by atoms with Crippen LogP contribution in [0.2, 0.25) is 0 Å². The predicted molar refractivity (Wildman–Crippen MR) is 85.8 cm³/mol. The highest BCUT2D eigenvalue weighted by Gasteiger charge is 2.43. The van der Waals surface area contributed by atoms with Crippen LogP contribution in [-0.2, 0) is 4.74 Å². The van der Waals surface area contributed by atoms with E-state index in [-0.39, 0.29) is 5.60 Å². The fourth-order valence-electron chi connectivity index (χ4n) is 3.91. The van der Waals surface area contributed by atoms with Crippen molar-refractivity contribution < 1.29 is 4.74 Å². The first-order valence-electron chi connectivity index (χ1n) is 8.72. The Bertz CT molecular complexity index is 493. The van der Waals surface area contributed by atoms with Gasteiger partial charge in [0.1, 0.15) is 0 Å². The van der Waals surface area contributed by atoms with E-state index in [0.717, 1.165) is 25.4 Å². The molecule has 0 unspecified atom stereocenters. The quantitative estimate of drug-likeness (QED) is 0.904. The van der Waals surface area contributed by atoms with Crippen LogP contribution < -0.4 is 5.32 Å². The van der Waals surface area contributed by atoms with Gasteiger partial charge in [0.25, 0.3) is 0 Å². The molecule has 1 aromatic heterocycles. The molecule has 1 spiro atoms. The molecule has 2 saturated heterocycles. The lowest BCUT2D eigenvalue weighted by Gasteiger charge is -2.39. The smallest absolute Gasteiger partial charge is 0.222 e. The van der Waals surface area contributed by atoms with Gasteiger partial charge in [0.05, 0.1) is 11.7 Å². The number of aromatic nitrogens is 2. The van der Waals surface area contributed by atoms with Crippen LogP contribution in [0.1, 0.15) is 38.5 Å². The molecule has 0 bridgehead atoms. The molecule has 2 aliphatic heterocycles. The van der Waals surface area contributed by atoms with Gasteiger partial charge >= 0.3 is 0 Å². The average Bonchev–Trinajstić information content (AvgIpc) is 3.29. The van der Waals surface area contributed by atoms with Gasteiger partial charge in [-0.1, -0.05) is 0 Å². The summed E-state index contributed by atoms with van der Waals surface area (Å²) in [6, 6.07) is 1.84. The molecule has 3 aliphatic rings. The van der Waals surface area contributed by atoms with Crippen molar-refractivity contribution in [2.45, 2.75) is 50.2 Å². The summed E-state index contributed by atoms with van der Waals surface area (Å²) in [5.74, 6) is 1.68. The summed E-state index contributed by atoms with van der Waals surface area (Å²) in [4.78, 5) is 11.1. The zero-order valence-electron chi connectivity index (χ0n) is 13.2. The Labute approximate surface area is 132 Å². The second-order valence-corrected chi connectivity index (χ2v) is 7.20. The minimum Gasteiger partial charge on any atom is -0.369 e. The summed E-state index contributed by atoms with van der Waals surface area (Å²) in [5.41, 5.74) is 0.122. The largest absolute Gasteiger partial charge is 0.369 e. The van der Waals surface area contributed by atoms with Gasteiger partial charge in [0, 0.05) is 38.6 Å². The molecule has 0 radical (unpaired) electrons. The van der Waals surface area contributed by atoms with Crippen LogP contribution in [0.3, 0.4) is 0 Å². The summed E-state index contributed by atoms with van der Waals surface area (Å²) >= 11 is 0. The molecule has 5 heteroatoms. The Balaban J connectivity index is 1.30. The fourth-order valence-corrected chi connectivity index (χ4v) is 3.91. The van der Waals surface area contributed by atoms with Crippen molar-refractivity contribution in [3.63, 3.8) is 0 Å². The molecule has 120 valence electrons. The molecule has 1 aromatic rings. The highest BCUT2D eigenvalue weighted by Crippen LogP contribution is 2.38. The molecule has 1 saturated carbocycles. The van der Waals surface area contributed by atoms with E-state index in [1.54, 1.807) is 12.4 Å². The lowest BCUT2D eigenvalue weighted by atomic mass is 9.90. The third kappa shape index (κ3) is 3.41. The van der Waals surface area contributed by atoms with E-state index in [2.05, 4.69) is 20.2 Å². The van der Waals surface area contributed by atoms with E-state index in [1.165, 1.54) is 45.2 Å². The lowest BCUT2D eigenvalue weighted by Crippen LogP contribution is -2.45. The van der Waals surface area contributed by atoms with Crippen LogP contribution in [0.15, 0.2) is 18.5 Å². The van der Waals surface area contributed by atoms with Crippen molar-refractivity contribution in [3.05, 3.63) is 18.5 Å². The maximum atomic E-state index is 6.53. The molecule has 22 heavy (non-hydrogen) atoms. The first kappa shape index (κ1) is 14.4. The van der Waals surface area contributed by atoms with E-state index in [9.17, 15) is 0 Å². The molecular formula is C17H26N4O. The molecule has 5 nitrogen and oxygen atoms in total. The molecule has 0 aromatic carbocycles. The summed E-state index contributed by atoms with van der Waals surface area (Å²) in [5, 5.41) is 3.31. The maximum Gasteiger partial charge on any atom is 0.222 e.